The molecule has 4 nitrogen and oxygen atoms in total. The quantitative estimate of drug-likeness (QED) is 0.843. The minimum Gasteiger partial charge on any atom is -0.393 e. The molecular weight excluding hydrogens is 252 g/mol. The first-order valence-corrected chi connectivity index (χ1v) is 7.55. The molecule has 2 atom stereocenters. The second kappa shape index (κ2) is 5.82. The first-order valence-electron chi connectivity index (χ1n) is 5.89. The maximum absolute atomic E-state index is 12.1. The van der Waals surface area contributed by atoms with Gasteiger partial charge >= 0.3 is 0 Å². The molecular formula is C13H20O4S. The lowest BCUT2D eigenvalue weighted by Crippen LogP contribution is -2.34. The predicted molar refractivity (Wildman–Crippen MR) is 70.1 cm³/mol. The maximum atomic E-state index is 12.1. The lowest BCUT2D eigenvalue weighted by atomic mass is 10.0. The summed E-state index contributed by atoms with van der Waals surface area (Å²) >= 11 is 0. The van der Waals surface area contributed by atoms with Gasteiger partial charge in [0.25, 0.3) is 0 Å². The molecule has 0 aliphatic rings. The van der Waals surface area contributed by atoms with Crippen LogP contribution >= 0.6 is 0 Å². The summed E-state index contributed by atoms with van der Waals surface area (Å²) in [5, 5.41) is 19.0. The minimum atomic E-state index is -3.49. The van der Waals surface area contributed by atoms with Crippen LogP contribution in [0.1, 0.15) is 19.4 Å². The van der Waals surface area contributed by atoms with Crippen molar-refractivity contribution >= 4 is 9.84 Å². The summed E-state index contributed by atoms with van der Waals surface area (Å²) in [6.07, 6.45) is -1.74. The number of hydrogen-bond acceptors (Lipinski definition) is 4. The van der Waals surface area contributed by atoms with Crippen molar-refractivity contribution in [2.24, 2.45) is 5.92 Å². The van der Waals surface area contributed by atoms with Gasteiger partial charge in [0.2, 0.25) is 0 Å². The van der Waals surface area contributed by atoms with E-state index in [1.54, 1.807) is 24.3 Å². The summed E-state index contributed by atoms with van der Waals surface area (Å²) in [7, 11) is -3.49. The molecule has 0 saturated heterocycles. The average Bonchev–Trinajstić information content (AvgIpc) is 2.26. The molecule has 0 aromatic heterocycles. The molecule has 5 heteroatoms. The third-order valence-electron chi connectivity index (χ3n) is 3.03. The number of sulfone groups is 1. The van der Waals surface area contributed by atoms with Gasteiger partial charge in [-0.05, 0) is 32.9 Å². The highest BCUT2D eigenvalue weighted by molar-refractivity contribution is 7.91. The van der Waals surface area contributed by atoms with Crippen LogP contribution in [-0.4, -0.2) is 36.6 Å². The van der Waals surface area contributed by atoms with Crippen LogP contribution in [0, 0.1) is 12.8 Å². The van der Waals surface area contributed by atoms with Gasteiger partial charge in [-0.2, -0.15) is 0 Å². The third kappa shape index (κ3) is 3.80. The summed E-state index contributed by atoms with van der Waals surface area (Å²) in [6.45, 7) is 4.86. The Morgan fingerprint density at radius 1 is 1.06 bits per heavy atom. The van der Waals surface area contributed by atoms with Crippen LogP contribution in [0.4, 0.5) is 0 Å². The van der Waals surface area contributed by atoms with Crippen LogP contribution < -0.4 is 0 Å². The van der Waals surface area contributed by atoms with Crippen molar-refractivity contribution in [2.75, 3.05) is 5.75 Å². The molecule has 0 unspecified atom stereocenters. The van der Waals surface area contributed by atoms with Crippen molar-refractivity contribution in [3.05, 3.63) is 29.8 Å². The Labute approximate surface area is 108 Å². The van der Waals surface area contributed by atoms with Gasteiger partial charge in [-0.1, -0.05) is 17.7 Å². The Morgan fingerprint density at radius 3 is 1.89 bits per heavy atom. The second-order valence-corrected chi connectivity index (χ2v) is 6.77. The topological polar surface area (TPSA) is 74.6 Å². The minimum absolute atomic E-state index is 0.222. The van der Waals surface area contributed by atoms with Gasteiger partial charge < -0.3 is 10.2 Å². The third-order valence-corrected chi connectivity index (χ3v) is 4.85. The van der Waals surface area contributed by atoms with Crippen LogP contribution in [-0.2, 0) is 9.84 Å². The Morgan fingerprint density at radius 2 is 1.50 bits per heavy atom. The van der Waals surface area contributed by atoms with E-state index >= 15 is 0 Å². The van der Waals surface area contributed by atoms with E-state index in [0.29, 0.717) is 0 Å². The van der Waals surface area contributed by atoms with E-state index in [-0.39, 0.29) is 10.6 Å². The highest BCUT2D eigenvalue weighted by atomic mass is 32.2. The largest absolute Gasteiger partial charge is 0.393 e. The van der Waals surface area contributed by atoms with E-state index in [1.807, 2.05) is 6.92 Å². The zero-order valence-electron chi connectivity index (χ0n) is 10.9. The van der Waals surface area contributed by atoms with E-state index in [1.165, 1.54) is 13.8 Å². The van der Waals surface area contributed by atoms with Crippen LogP contribution in [0.2, 0.25) is 0 Å². The molecule has 0 heterocycles. The molecule has 0 saturated carbocycles. The fourth-order valence-corrected chi connectivity index (χ4v) is 3.58. The monoisotopic (exact) mass is 272 g/mol. The van der Waals surface area contributed by atoms with Gasteiger partial charge in [-0.25, -0.2) is 8.42 Å². The highest BCUT2D eigenvalue weighted by Crippen LogP contribution is 2.19. The summed E-state index contributed by atoms with van der Waals surface area (Å²) in [6, 6.07) is 6.55. The zero-order chi connectivity index (χ0) is 13.9. The highest BCUT2D eigenvalue weighted by Gasteiger charge is 2.28. The van der Waals surface area contributed by atoms with E-state index in [2.05, 4.69) is 0 Å². The SMILES string of the molecule is Cc1ccc(S(=O)(=O)CC([C@@H](C)O)[C@@H](C)O)cc1. The molecule has 102 valence electrons. The Bertz CT molecular complexity index is 466. The molecule has 1 aromatic rings. The van der Waals surface area contributed by atoms with E-state index in [4.69, 9.17) is 0 Å². The van der Waals surface area contributed by atoms with Crippen LogP contribution in [0.3, 0.4) is 0 Å². The standard InChI is InChI=1S/C13H20O4S/c1-9-4-6-12(7-5-9)18(16,17)8-13(10(2)14)11(3)15/h4-7,10-11,13-15H,8H2,1-3H3/t10-,11-/m1/s1. The van der Waals surface area contributed by atoms with Crippen molar-refractivity contribution < 1.29 is 18.6 Å². The maximum Gasteiger partial charge on any atom is 0.178 e. The molecule has 0 aliphatic carbocycles. The van der Waals surface area contributed by atoms with Gasteiger partial charge in [-0.15, -0.1) is 0 Å². The summed E-state index contributed by atoms with van der Waals surface area (Å²) in [5.41, 5.74) is 0.983. The fraction of sp³-hybridized carbons (Fsp3) is 0.538. The van der Waals surface area contributed by atoms with Gasteiger partial charge in [0, 0.05) is 5.92 Å². The summed E-state index contributed by atoms with van der Waals surface area (Å²) in [4.78, 5) is 0.222. The summed E-state index contributed by atoms with van der Waals surface area (Å²) in [5.74, 6) is -0.943. The number of aliphatic hydroxyl groups excluding tert-OH is 2. The molecule has 1 aromatic carbocycles. The molecule has 2 N–H and O–H groups in total. The van der Waals surface area contributed by atoms with Crippen molar-refractivity contribution in [1.29, 1.82) is 0 Å². The average molecular weight is 272 g/mol. The van der Waals surface area contributed by atoms with Gasteiger partial charge in [0.05, 0.1) is 22.9 Å². The molecule has 0 fully saturated rings. The first-order chi connectivity index (χ1) is 8.24. The van der Waals surface area contributed by atoms with Crippen molar-refractivity contribution in [3.63, 3.8) is 0 Å². The van der Waals surface area contributed by atoms with Crippen LogP contribution in [0.5, 0.6) is 0 Å². The number of rotatable bonds is 5. The van der Waals surface area contributed by atoms with Gasteiger partial charge in [0.15, 0.2) is 9.84 Å². The Kier molecular flexibility index (Phi) is 4.90. The zero-order valence-corrected chi connectivity index (χ0v) is 11.7. The number of aliphatic hydroxyl groups is 2. The van der Waals surface area contributed by atoms with Crippen LogP contribution in [0.25, 0.3) is 0 Å². The molecule has 0 spiro atoms. The second-order valence-electron chi connectivity index (χ2n) is 4.74. The molecule has 0 amide bonds. The molecule has 18 heavy (non-hydrogen) atoms. The number of aryl methyl sites for hydroxylation is 1. The smallest absolute Gasteiger partial charge is 0.178 e. The van der Waals surface area contributed by atoms with E-state index < -0.39 is 28.0 Å². The number of hydrogen-bond donors (Lipinski definition) is 2. The molecule has 0 aliphatic heterocycles. The lowest BCUT2D eigenvalue weighted by Gasteiger charge is -2.22. The number of benzene rings is 1. The molecule has 0 radical (unpaired) electrons. The molecule has 1 rings (SSSR count). The van der Waals surface area contributed by atoms with Crippen molar-refractivity contribution in [2.45, 2.75) is 37.9 Å². The van der Waals surface area contributed by atoms with Gasteiger partial charge in [0.1, 0.15) is 0 Å². The fourth-order valence-electron chi connectivity index (χ4n) is 1.78. The van der Waals surface area contributed by atoms with Crippen LogP contribution in [0.15, 0.2) is 29.2 Å². The van der Waals surface area contributed by atoms with E-state index in [9.17, 15) is 18.6 Å². The van der Waals surface area contributed by atoms with Crippen molar-refractivity contribution in [1.82, 2.24) is 0 Å². The first kappa shape index (κ1) is 15.1. The predicted octanol–water partition coefficient (Wildman–Crippen LogP) is 1.15. The Hall–Kier alpha value is -0.910. The summed E-state index contributed by atoms with van der Waals surface area (Å²) < 4.78 is 24.3. The Balaban J connectivity index is 2.97. The van der Waals surface area contributed by atoms with Crippen molar-refractivity contribution in [3.8, 4) is 0 Å². The lowest BCUT2D eigenvalue weighted by molar-refractivity contribution is 0.0436. The normalized spacial score (nSPS) is 15.7. The van der Waals surface area contributed by atoms with E-state index in [0.717, 1.165) is 5.56 Å². The molecule has 0 bridgehead atoms. The van der Waals surface area contributed by atoms with Gasteiger partial charge in [-0.3, -0.25) is 0 Å².